The second-order valence-corrected chi connectivity index (χ2v) is 8.36. The van der Waals surface area contributed by atoms with Crippen LogP contribution in [0.5, 0.6) is 11.5 Å². The lowest BCUT2D eigenvalue weighted by atomic mass is 10.2. The number of benzene rings is 1. The highest BCUT2D eigenvalue weighted by Crippen LogP contribution is 2.31. The Labute approximate surface area is 166 Å². The Morgan fingerprint density at radius 1 is 1.30 bits per heavy atom. The van der Waals surface area contributed by atoms with E-state index in [1.807, 2.05) is 6.92 Å². The van der Waals surface area contributed by atoms with Gasteiger partial charge in [-0.25, -0.2) is 8.42 Å². The van der Waals surface area contributed by atoms with Gasteiger partial charge in [-0.2, -0.15) is 4.72 Å². The quantitative estimate of drug-likeness (QED) is 0.747. The molecule has 1 aromatic rings. The summed E-state index contributed by atoms with van der Waals surface area (Å²) in [5.41, 5.74) is 0. The van der Waals surface area contributed by atoms with Gasteiger partial charge in [0.1, 0.15) is 0 Å². The summed E-state index contributed by atoms with van der Waals surface area (Å²) >= 11 is 0. The van der Waals surface area contributed by atoms with Crippen molar-refractivity contribution >= 4 is 28.3 Å². The maximum absolute atomic E-state index is 12.7. The number of halogens is 1. The van der Waals surface area contributed by atoms with Crippen LogP contribution in [0.2, 0.25) is 0 Å². The molecule has 2 N–H and O–H groups in total. The molecule has 10 heteroatoms. The smallest absolute Gasteiger partial charge is 0.241 e. The zero-order chi connectivity index (χ0) is 18.7. The van der Waals surface area contributed by atoms with Gasteiger partial charge in [-0.05, 0) is 26.0 Å². The summed E-state index contributed by atoms with van der Waals surface area (Å²) in [6, 6.07) is 3.83. The van der Waals surface area contributed by atoms with E-state index in [0.29, 0.717) is 44.3 Å². The summed E-state index contributed by atoms with van der Waals surface area (Å²) in [7, 11) is -3.85. The summed E-state index contributed by atoms with van der Waals surface area (Å²) in [5.74, 6) is 0.705. The van der Waals surface area contributed by atoms with Crippen LogP contribution in [0.15, 0.2) is 23.1 Å². The fourth-order valence-corrected chi connectivity index (χ4v) is 4.28. The molecule has 0 radical (unpaired) electrons. The van der Waals surface area contributed by atoms with E-state index in [4.69, 9.17) is 9.47 Å². The highest BCUT2D eigenvalue weighted by Gasteiger charge is 2.28. The highest BCUT2D eigenvalue weighted by atomic mass is 35.5. The van der Waals surface area contributed by atoms with Crippen molar-refractivity contribution in [1.29, 1.82) is 0 Å². The first-order valence-electron chi connectivity index (χ1n) is 8.81. The summed E-state index contributed by atoms with van der Waals surface area (Å²) in [6.07, 6.45) is 0.740. The van der Waals surface area contributed by atoms with Crippen LogP contribution < -0.4 is 19.5 Å². The lowest BCUT2D eigenvalue weighted by Gasteiger charge is -2.33. The SMILES string of the molecule is CC1CN(C(=O)C(C)NS(=O)(=O)c2ccc3c(c2)OCCCO3)CCN1.Cl. The number of ether oxygens (including phenoxy) is 2. The Balaban J connectivity index is 0.00000261. The predicted molar refractivity (Wildman–Crippen MR) is 103 cm³/mol. The average Bonchev–Trinajstić information content (AvgIpc) is 2.85. The summed E-state index contributed by atoms with van der Waals surface area (Å²) < 4.78 is 38.9. The lowest BCUT2D eigenvalue weighted by molar-refractivity contribution is -0.133. The maximum atomic E-state index is 12.7. The molecular weight excluding hydrogens is 394 g/mol. The molecule has 2 unspecified atom stereocenters. The minimum atomic E-state index is -3.85. The number of amides is 1. The molecule has 1 aromatic carbocycles. The van der Waals surface area contributed by atoms with Gasteiger partial charge < -0.3 is 19.7 Å². The minimum Gasteiger partial charge on any atom is -0.490 e. The number of nitrogens with zero attached hydrogens (tertiary/aromatic N) is 1. The van der Waals surface area contributed by atoms with Crippen LogP contribution in [0, 0.1) is 0 Å². The molecule has 2 atom stereocenters. The van der Waals surface area contributed by atoms with Gasteiger partial charge in [0, 0.05) is 38.2 Å². The Bertz CT molecular complexity index is 774. The van der Waals surface area contributed by atoms with E-state index in [1.165, 1.54) is 12.1 Å². The van der Waals surface area contributed by atoms with Gasteiger partial charge in [-0.15, -0.1) is 12.4 Å². The standard InChI is InChI=1S/C17H25N3O5S.ClH/c1-12-11-20(7-6-18-12)17(21)13(2)19-26(22,23)14-4-5-15-16(10-14)25-9-3-8-24-15;/h4-5,10,12-13,18-19H,3,6-9,11H2,1-2H3;1H. The molecule has 0 spiro atoms. The summed E-state index contributed by atoms with van der Waals surface area (Å²) in [4.78, 5) is 14.3. The Morgan fingerprint density at radius 2 is 2.00 bits per heavy atom. The molecule has 0 aromatic heterocycles. The van der Waals surface area contributed by atoms with Gasteiger partial charge in [0.25, 0.3) is 0 Å². The number of rotatable bonds is 4. The number of fused-ring (bicyclic) bond motifs is 1. The molecule has 1 fully saturated rings. The molecule has 3 rings (SSSR count). The molecule has 152 valence electrons. The van der Waals surface area contributed by atoms with E-state index in [9.17, 15) is 13.2 Å². The van der Waals surface area contributed by atoms with Crippen LogP contribution in [0.3, 0.4) is 0 Å². The normalized spacial score (nSPS) is 21.0. The average molecular weight is 420 g/mol. The minimum absolute atomic E-state index is 0. The van der Waals surface area contributed by atoms with Crippen LogP contribution in [0.4, 0.5) is 0 Å². The van der Waals surface area contributed by atoms with Gasteiger partial charge >= 0.3 is 0 Å². The first-order chi connectivity index (χ1) is 12.4. The van der Waals surface area contributed by atoms with E-state index in [0.717, 1.165) is 6.42 Å². The number of nitrogens with one attached hydrogen (secondary N) is 2. The van der Waals surface area contributed by atoms with Crippen molar-refractivity contribution in [1.82, 2.24) is 14.9 Å². The van der Waals surface area contributed by atoms with Gasteiger partial charge in [0.15, 0.2) is 11.5 Å². The zero-order valence-electron chi connectivity index (χ0n) is 15.4. The van der Waals surface area contributed by atoms with Crippen molar-refractivity contribution < 1.29 is 22.7 Å². The van der Waals surface area contributed by atoms with E-state index >= 15 is 0 Å². The third-order valence-electron chi connectivity index (χ3n) is 4.41. The number of sulfonamides is 1. The number of piperazine rings is 1. The number of carbonyl (C=O) groups excluding carboxylic acids is 1. The molecule has 0 saturated carbocycles. The largest absolute Gasteiger partial charge is 0.490 e. The van der Waals surface area contributed by atoms with Crippen molar-refractivity contribution in [2.24, 2.45) is 0 Å². The Kier molecular flexibility index (Phi) is 7.32. The summed E-state index contributed by atoms with van der Waals surface area (Å²) in [5, 5.41) is 3.26. The molecule has 8 nitrogen and oxygen atoms in total. The molecule has 1 amide bonds. The molecular formula is C17H26ClN3O5S. The van der Waals surface area contributed by atoms with Crippen LogP contribution in [-0.2, 0) is 14.8 Å². The van der Waals surface area contributed by atoms with Crippen molar-refractivity contribution in [3.05, 3.63) is 18.2 Å². The fraction of sp³-hybridized carbons (Fsp3) is 0.588. The number of carbonyl (C=O) groups is 1. The van der Waals surface area contributed by atoms with Crippen molar-refractivity contribution in [2.75, 3.05) is 32.8 Å². The van der Waals surface area contributed by atoms with Gasteiger partial charge in [0.2, 0.25) is 15.9 Å². The molecule has 2 aliphatic heterocycles. The Hall–Kier alpha value is -1.55. The lowest BCUT2D eigenvalue weighted by Crippen LogP contribution is -2.55. The van der Waals surface area contributed by atoms with Crippen LogP contribution >= 0.6 is 12.4 Å². The first kappa shape index (κ1) is 21.7. The fourth-order valence-electron chi connectivity index (χ4n) is 3.07. The Morgan fingerprint density at radius 3 is 2.70 bits per heavy atom. The van der Waals surface area contributed by atoms with Crippen molar-refractivity contribution in [3.8, 4) is 11.5 Å². The second kappa shape index (κ2) is 9.09. The molecule has 2 heterocycles. The highest BCUT2D eigenvalue weighted by molar-refractivity contribution is 7.89. The van der Waals surface area contributed by atoms with Crippen molar-refractivity contribution in [2.45, 2.75) is 37.2 Å². The number of hydrogen-bond acceptors (Lipinski definition) is 6. The third-order valence-corrected chi connectivity index (χ3v) is 5.95. The van der Waals surface area contributed by atoms with E-state index in [2.05, 4.69) is 10.0 Å². The van der Waals surface area contributed by atoms with E-state index in [-0.39, 0.29) is 29.3 Å². The monoisotopic (exact) mass is 419 g/mol. The molecule has 0 aliphatic carbocycles. The van der Waals surface area contributed by atoms with Crippen LogP contribution in [-0.4, -0.2) is 64.2 Å². The second-order valence-electron chi connectivity index (χ2n) is 6.64. The predicted octanol–water partition coefficient (Wildman–Crippen LogP) is 0.757. The maximum Gasteiger partial charge on any atom is 0.241 e. The zero-order valence-corrected chi connectivity index (χ0v) is 17.1. The van der Waals surface area contributed by atoms with Gasteiger partial charge in [-0.1, -0.05) is 0 Å². The molecule has 2 aliphatic rings. The van der Waals surface area contributed by atoms with Gasteiger partial charge in [-0.3, -0.25) is 4.79 Å². The van der Waals surface area contributed by atoms with Crippen LogP contribution in [0.25, 0.3) is 0 Å². The van der Waals surface area contributed by atoms with Gasteiger partial charge in [0.05, 0.1) is 24.2 Å². The third kappa shape index (κ3) is 5.25. The van der Waals surface area contributed by atoms with Crippen molar-refractivity contribution in [3.63, 3.8) is 0 Å². The first-order valence-corrected chi connectivity index (χ1v) is 10.3. The molecule has 1 saturated heterocycles. The van der Waals surface area contributed by atoms with Crippen LogP contribution in [0.1, 0.15) is 20.3 Å². The topological polar surface area (TPSA) is 97.0 Å². The van der Waals surface area contributed by atoms with E-state index < -0.39 is 16.1 Å². The number of hydrogen-bond donors (Lipinski definition) is 2. The molecule has 0 bridgehead atoms. The van der Waals surface area contributed by atoms with E-state index in [1.54, 1.807) is 17.9 Å². The molecule has 27 heavy (non-hydrogen) atoms. The summed E-state index contributed by atoms with van der Waals surface area (Å²) in [6.45, 7) is 6.40.